The van der Waals surface area contributed by atoms with Gasteiger partial charge in [-0.1, -0.05) is 0 Å². The van der Waals surface area contributed by atoms with Crippen LogP contribution in [0, 0.1) is 0 Å². The Bertz CT molecular complexity index is 268. The van der Waals surface area contributed by atoms with Gasteiger partial charge in [0.25, 0.3) is 0 Å². The Labute approximate surface area is 66.2 Å². The van der Waals surface area contributed by atoms with Crippen molar-refractivity contribution in [2.75, 3.05) is 19.3 Å². The number of sulfonamides is 1. The van der Waals surface area contributed by atoms with E-state index in [1.165, 1.54) is 16.6 Å². The van der Waals surface area contributed by atoms with E-state index in [0.717, 1.165) is 0 Å². The fourth-order valence-electron chi connectivity index (χ4n) is 0.941. The minimum Gasteiger partial charge on any atom is -0.513 e. The van der Waals surface area contributed by atoms with E-state index in [0.29, 0.717) is 19.5 Å². The number of aliphatic hydroxyl groups is 1. The van der Waals surface area contributed by atoms with Crippen LogP contribution < -0.4 is 0 Å². The summed E-state index contributed by atoms with van der Waals surface area (Å²) >= 11 is 0. The van der Waals surface area contributed by atoms with Gasteiger partial charge in [0.15, 0.2) is 0 Å². The van der Waals surface area contributed by atoms with Crippen molar-refractivity contribution in [1.82, 2.24) is 4.31 Å². The molecule has 1 heterocycles. The van der Waals surface area contributed by atoms with Crippen molar-refractivity contribution in [2.45, 2.75) is 6.42 Å². The Balaban J connectivity index is 2.69. The van der Waals surface area contributed by atoms with Crippen LogP contribution in [0.4, 0.5) is 0 Å². The molecule has 1 N–H and O–H groups in total. The smallest absolute Gasteiger partial charge is 0.211 e. The van der Waals surface area contributed by atoms with Crippen LogP contribution in [0.15, 0.2) is 11.8 Å². The van der Waals surface area contributed by atoms with Crippen LogP contribution in [0.3, 0.4) is 0 Å². The van der Waals surface area contributed by atoms with E-state index in [4.69, 9.17) is 5.11 Å². The van der Waals surface area contributed by atoms with Crippen molar-refractivity contribution in [3.63, 3.8) is 0 Å². The molecule has 0 unspecified atom stereocenters. The van der Waals surface area contributed by atoms with Crippen molar-refractivity contribution >= 4 is 10.0 Å². The first-order valence-electron chi connectivity index (χ1n) is 3.33. The fourth-order valence-corrected chi connectivity index (χ4v) is 1.71. The SMILES string of the molecule is CS(=O)(=O)N1CC=C(O)CC1. The molecular weight excluding hydrogens is 166 g/mol. The topological polar surface area (TPSA) is 57.6 Å². The molecule has 1 aliphatic rings. The van der Waals surface area contributed by atoms with Gasteiger partial charge < -0.3 is 5.11 Å². The van der Waals surface area contributed by atoms with Gasteiger partial charge in [0.2, 0.25) is 10.0 Å². The van der Waals surface area contributed by atoms with Gasteiger partial charge in [0, 0.05) is 19.5 Å². The van der Waals surface area contributed by atoms with Gasteiger partial charge in [0.1, 0.15) is 0 Å². The molecule has 5 heteroatoms. The number of nitrogens with zero attached hydrogens (tertiary/aromatic N) is 1. The van der Waals surface area contributed by atoms with E-state index in [-0.39, 0.29) is 5.76 Å². The van der Waals surface area contributed by atoms with Crippen LogP contribution >= 0.6 is 0 Å². The molecule has 0 aliphatic carbocycles. The number of aliphatic hydroxyl groups excluding tert-OH is 1. The largest absolute Gasteiger partial charge is 0.513 e. The van der Waals surface area contributed by atoms with E-state index in [1.54, 1.807) is 0 Å². The normalized spacial score (nSPS) is 21.4. The Kier molecular flexibility index (Phi) is 2.20. The zero-order chi connectivity index (χ0) is 8.48. The number of rotatable bonds is 1. The molecule has 1 aliphatic heterocycles. The highest BCUT2D eigenvalue weighted by Crippen LogP contribution is 2.09. The molecule has 0 aromatic rings. The van der Waals surface area contributed by atoms with Crippen LogP contribution in [-0.4, -0.2) is 37.2 Å². The molecule has 0 aromatic carbocycles. The maximum absolute atomic E-state index is 10.9. The first-order chi connectivity index (χ1) is 5.00. The highest BCUT2D eigenvalue weighted by molar-refractivity contribution is 7.88. The predicted molar refractivity (Wildman–Crippen MR) is 41.7 cm³/mol. The molecule has 0 spiro atoms. The number of hydrogen-bond donors (Lipinski definition) is 1. The molecule has 0 saturated carbocycles. The molecule has 0 radical (unpaired) electrons. The second-order valence-corrected chi connectivity index (χ2v) is 4.55. The maximum Gasteiger partial charge on any atom is 0.211 e. The highest BCUT2D eigenvalue weighted by Gasteiger charge is 2.18. The summed E-state index contributed by atoms with van der Waals surface area (Å²) in [5, 5.41) is 8.93. The quantitative estimate of drug-likeness (QED) is 0.617. The molecule has 11 heavy (non-hydrogen) atoms. The van der Waals surface area contributed by atoms with Crippen molar-refractivity contribution < 1.29 is 13.5 Å². The molecule has 0 saturated heterocycles. The summed E-state index contributed by atoms with van der Waals surface area (Å²) in [5.74, 6) is 0.282. The first kappa shape index (κ1) is 8.55. The summed E-state index contributed by atoms with van der Waals surface area (Å²) in [6.45, 7) is 0.686. The predicted octanol–water partition coefficient (Wildman–Crippen LogP) is 0.0936. The third kappa shape index (κ3) is 2.20. The lowest BCUT2D eigenvalue weighted by molar-refractivity contribution is 0.334. The third-order valence-electron chi connectivity index (χ3n) is 1.62. The Morgan fingerprint density at radius 1 is 1.64 bits per heavy atom. The molecule has 0 bridgehead atoms. The van der Waals surface area contributed by atoms with Gasteiger partial charge >= 0.3 is 0 Å². The maximum atomic E-state index is 10.9. The van der Waals surface area contributed by atoms with Crippen LogP contribution in [0.5, 0.6) is 0 Å². The molecule has 0 fully saturated rings. The first-order valence-corrected chi connectivity index (χ1v) is 5.18. The second-order valence-electron chi connectivity index (χ2n) is 2.57. The average Bonchev–Trinajstić information content (AvgIpc) is 1.86. The van der Waals surface area contributed by atoms with Crippen molar-refractivity contribution in [3.05, 3.63) is 11.8 Å². The van der Waals surface area contributed by atoms with E-state index < -0.39 is 10.0 Å². The molecule has 0 atom stereocenters. The lowest BCUT2D eigenvalue weighted by Gasteiger charge is -2.21. The van der Waals surface area contributed by atoms with E-state index in [1.807, 2.05) is 0 Å². The van der Waals surface area contributed by atoms with Gasteiger partial charge in [-0.15, -0.1) is 0 Å². The van der Waals surface area contributed by atoms with Crippen LogP contribution in [-0.2, 0) is 10.0 Å². The molecule has 4 nitrogen and oxygen atoms in total. The average molecular weight is 177 g/mol. The zero-order valence-corrected chi connectivity index (χ0v) is 7.13. The van der Waals surface area contributed by atoms with Gasteiger partial charge in [-0.2, -0.15) is 4.31 Å². The monoisotopic (exact) mass is 177 g/mol. The van der Waals surface area contributed by atoms with Crippen molar-refractivity contribution in [2.24, 2.45) is 0 Å². The summed E-state index contributed by atoms with van der Waals surface area (Å²) < 4.78 is 23.1. The number of hydrogen-bond acceptors (Lipinski definition) is 3. The minimum absolute atomic E-state index is 0.282. The van der Waals surface area contributed by atoms with Crippen molar-refractivity contribution in [1.29, 1.82) is 0 Å². The van der Waals surface area contributed by atoms with Crippen LogP contribution in [0.1, 0.15) is 6.42 Å². The summed E-state index contributed by atoms with van der Waals surface area (Å²) in [6, 6.07) is 0. The molecular formula is C6H11NO3S. The molecule has 1 rings (SSSR count). The van der Waals surface area contributed by atoms with E-state index in [2.05, 4.69) is 0 Å². The molecule has 0 aromatic heterocycles. The summed E-state index contributed by atoms with van der Waals surface area (Å²) in [4.78, 5) is 0. The summed E-state index contributed by atoms with van der Waals surface area (Å²) in [6.07, 6.45) is 3.11. The van der Waals surface area contributed by atoms with Crippen LogP contribution in [0.2, 0.25) is 0 Å². The minimum atomic E-state index is -3.07. The summed E-state index contributed by atoms with van der Waals surface area (Å²) in [5.41, 5.74) is 0. The molecule has 64 valence electrons. The van der Waals surface area contributed by atoms with Crippen LogP contribution in [0.25, 0.3) is 0 Å². The Morgan fingerprint density at radius 3 is 2.64 bits per heavy atom. The fraction of sp³-hybridized carbons (Fsp3) is 0.667. The zero-order valence-electron chi connectivity index (χ0n) is 6.32. The van der Waals surface area contributed by atoms with E-state index >= 15 is 0 Å². The van der Waals surface area contributed by atoms with Gasteiger partial charge in [-0.25, -0.2) is 8.42 Å². The second kappa shape index (κ2) is 2.83. The lowest BCUT2D eigenvalue weighted by Crippen LogP contribution is -2.33. The summed E-state index contributed by atoms with van der Waals surface area (Å²) in [7, 11) is -3.07. The standard InChI is InChI=1S/C6H11NO3S/c1-11(9,10)7-4-2-6(8)3-5-7/h2,8H,3-5H2,1H3. The van der Waals surface area contributed by atoms with Gasteiger partial charge in [-0.3, -0.25) is 0 Å². The Morgan fingerprint density at radius 2 is 2.27 bits per heavy atom. The third-order valence-corrected chi connectivity index (χ3v) is 2.89. The van der Waals surface area contributed by atoms with Crippen molar-refractivity contribution in [3.8, 4) is 0 Å². The van der Waals surface area contributed by atoms with Gasteiger partial charge in [-0.05, 0) is 6.08 Å². The lowest BCUT2D eigenvalue weighted by atomic mass is 10.3. The Hall–Kier alpha value is -0.550. The molecule has 0 amide bonds. The van der Waals surface area contributed by atoms with E-state index in [9.17, 15) is 8.42 Å². The highest BCUT2D eigenvalue weighted by atomic mass is 32.2. The van der Waals surface area contributed by atoms with Gasteiger partial charge in [0.05, 0.1) is 12.0 Å².